The summed E-state index contributed by atoms with van der Waals surface area (Å²) in [4.78, 5) is 11.3. The van der Waals surface area contributed by atoms with Crippen molar-refractivity contribution in [3.05, 3.63) is 34.1 Å². The Bertz CT molecular complexity index is 431. The Morgan fingerprint density at radius 1 is 1.58 bits per heavy atom. The smallest absolute Gasteiger partial charge is 0.322 e. The fraction of sp³-hybridized carbons (Fsp3) is 0.462. The Morgan fingerprint density at radius 2 is 2.32 bits per heavy atom. The van der Waals surface area contributed by atoms with Crippen LogP contribution in [0, 0.1) is 5.82 Å². The predicted molar refractivity (Wildman–Crippen MR) is 79.5 cm³/mol. The van der Waals surface area contributed by atoms with E-state index in [1.54, 1.807) is 24.8 Å². The van der Waals surface area contributed by atoms with E-state index in [0.29, 0.717) is 18.8 Å². The normalized spacial score (nSPS) is 12.2. The second-order valence-electron chi connectivity index (χ2n) is 3.94. The van der Waals surface area contributed by atoms with Crippen molar-refractivity contribution in [2.24, 2.45) is 5.73 Å². The Balaban J connectivity index is 2.31. The Morgan fingerprint density at radius 3 is 3.00 bits per heavy atom. The molecule has 1 rings (SSSR count). The van der Waals surface area contributed by atoms with Crippen molar-refractivity contribution in [2.45, 2.75) is 25.1 Å². The molecule has 19 heavy (non-hydrogen) atoms. The van der Waals surface area contributed by atoms with Gasteiger partial charge >= 0.3 is 5.97 Å². The van der Waals surface area contributed by atoms with Crippen LogP contribution in [0.5, 0.6) is 0 Å². The van der Waals surface area contributed by atoms with Gasteiger partial charge in [0.2, 0.25) is 0 Å². The molecule has 0 saturated heterocycles. The summed E-state index contributed by atoms with van der Waals surface area (Å²) in [5.74, 6) is 0.786. The molecule has 3 nitrogen and oxygen atoms in total. The second-order valence-corrected chi connectivity index (χ2v) is 5.90. The summed E-state index contributed by atoms with van der Waals surface area (Å²) in [5, 5.41) is 0. The average molecular weight is 350 g/mol. The van der Waals surface area contributed by atoms with Gasteiger partial charge in [-0.15, -0.1) is 0 Å². The van der Waals surface area contributed by atoms with E-state index < -0.39 is 6.04 Å². The van der Waals surface area contributed by atoms with Crippen LogP contribution >= 0.6 is 27.7 Å². The van der Waals surface area contributed by atoms with Gasteiger partial charge in [-0.25, -0.2) is 4.39 Å². The highest BCUT2D eigenvalue weighted by Crippen LogP contribution is 2.23. The van der Waals surface area contributed by atoms with Gasteiger partial charge in [0.25, 0.3) is 0 Å². The molecule has 0 amide bonds. The van der Waals surface area contributed by atoms with Crippen LogP contribution in [0.4, 0.5) is 4.39 Å². The summed E-state index contributed by atoms with van der Waals surface area (Å²) >= 11 is 4.99. The molecule has 1 aromatic rings. The summed E-state index contributed by atoms with van der Waals surface area (Å²) in [5.41, 5.74) is 6.58. The number of nitrogens with two attached hydrogens (primary N) is 1. The zero-order valence-corrected chi connectivity index (χ0v) is 13.1. The van der Waals surface area contributed by atoms with E-state index >= 15 is 0 Å². The molecule has 1 unspecified atom stereocenters. The van der Waals surface area contributed by atoms with E-state index in [1.807, 2.05) is 0 Å². The van der Waals surface area contributed by atoms with Crippen molar-refractivity contribution in [2.75, 3.05) is 12.4 Å². The number of halogens is 2. The molecule has 0 radical (unpaired) electrons. The number of thioether (sulfide) groups is 1. The molecule has 2 N–H and O–H groups in total. The predicted octanol–water partition coefficient (Wildman–Crippen LogP) is 3.10. The number of hydrogen-bond donors (Lipinski definition) is 1. The van der Waals surface area contributed by atoms with Gasteiger partial charge in [0.15, 0.2) is 0 Å². The number of esters is 1. The first-order valence-corrected chi connectivity index (χ1v) is 7.93. The minimum Gasteiger partial charge on any atom is -0.465 e. The van der Waals surface area contributed by atoms with Gasteiger partial charge in [-0.3, -0.25) is 4.79 Å². The molecule has 0 spiro atoms. The van der Waals surface area contributed by atoms with E-state index in [1.165, 1.54) is 12.1 Å². The fourth-order valence-electron chi connectivity index (χ4n) is 1.41. The third kappa shape index (κ3) is 5.93. The zero-order valence-electron chi connectivity index (χ0n) is 10.7. The number of hydrogen-bond acceptors (Lipinski definition) is 4. The second kappa shape index (κ2) is 8.55. The summed E-state index contributed by atoms with van der Waals surface area (Å²) in [6.07, 6.45) is 0.552. The van der Waals surface area contributed by atoms with Gasteiger partial charge in [0.1, 0.15) is 11.9 Å². The number of carbonyl (C=O) groups is 1. The van der Waals surface area contributed by atoms with Crippen LogP contribution in [0.25, 0.3) is 0 Å². The van der Waals surface area contributed by atoms with Gasteiger partial charge < -0.3 is 10.5 Å². The lowest BCUT2D eigenvalue weighted by molar-refractivity contribution is -0.144. The van der Waals surface area contributed by atoms with E-state index in [2.05, 4.69) is 15.9 Å². The third-order valence-electron chi connectivity index (χ3n) is 2.43. The Labute approximate surface area is 125 Å². The summed E-state index contributed by atoms with van der Waals surface area (Å²) < 4.78 is 18.8. The first kappa shape index (κ1) is 16.5. The van der Waals surface area contributed by atoms with E-state index in [0.717, 1.165) is 15.8 Å². The first-order valence-electron chi connectivity index (χ1n) is 5.98. The molecule has 0 aliphatic carbocycles. The highest BCUT2D eigenvalue weighted by atomic mass is 79.9. The van der Waals surface area contributed by atoms with Crippen LogP contribution in [-0.2, 0) is 15.3 Å². The van der Waals surface area contributed by atoms with Gasteiger partial charge in [-0.2, -0.15) is 11.8 Å². The topological polar surface area (TPSA) is 52.3 Å². The maximum atomic E-state index is 13.1. The molecule has 0 heterocycles. The molecule has 1 aromatic carbocycles. The first-order chi connectivity index (χ1) is 9.04. The summed E-state index contributed by atoms with van der Waals surface area (Å²) in [7, 11) is 0. The summed E-state index contributed by atoms with van der Waals surface area (Å²) in [6, 6.07) is 4.02. The minimum atomic E-state index is -0.580. The van der Waals surface area contributed by atoms with Crippen molar-refractivity contribution in [1.82, 2.24) is 0 Å². The number of rotatable bonds is 7. The van der Waals surface area contributed by atoms with Gasteiger partial charge in [0.05, 0.1) is 6.61 Å². The van der Waals surface area contributed by atoms with Crippen LogP contribution in [0.1, 0.15) is 18.9 Å². The molecule has 0 bridgehead atoms. The number of benzene rings is 1. The van der Waals surface area contributed by atoms with Gasteiger partial charge in [-0.1, -0.05) is 15.9 Å². The molecule has 106 valence electrons. The zero-order chi connectivity index (χ0) is 14.3. The Hall–Kier alpha value is -0.590. The minimum absolute atomic E-state index is 0.248. The molecule has 1 atom stereocenters. The van der Waals surface area contributed by atoms with E-state index in [-0.39, 0.29) is 11.8 Å². The quantitative estimate of drug-likeness (QED) is 0.607. The van der Waals surface area contributed by atoms with Crippen LogP contribution < -0.4 is 5.73 Å². The maximum Gasteiger partial charge on any atom is 0.322 e. The van der Waals surface area contributed by atoms with E-state index in [9.17, 15) is 9.18 Å². The molecular weight excluding hydrogens is 333 g/mol. The van der Waals surface area contributed by atoms with Crippen LogP contribution in [0.15, 0.2) is 22.7 Å². The monoisotopic (exact) mass is 349 g/mol. The number of carbonyl (C=O) groups excluding carboxylic acids is 1. The largest absolute Gasteiger partial charge is 0.465 e. The molecule has 0 saturated carbocycles. The van der Waals surface area contributed by atoms with Gasteiger partial charge in [-0.05, 0) is 42.9 Å². The lowest BCUT2D eigenvalue weighted by Crippen LogP contribution is -2.32. The van der Waals surface area contributed by atoms with Crippen LogP contribution in [-0.4, -0.2) is 24.4 Å². The number of ether oxygens (including phenoxy) is 1. The lowest BCUT2D eigenvalue weighted by atomic mass is 10.2. The van der Waals surface area contributed by atoms with Crippen molar-refractivity contribution in [3.63, 3.8) is 0 Å². The van der Waals surface area contributed by atoms with Gasteiger partial charge in [0, 0.05) is 10.2 Å². The molecular formula is C13H17BrFNO2S. The SMILES string of the molecule is CCOC(=O)C(N)CCSCc1cc(F)ccc1Br. The van der Waals surface area contributed by atoms with Crippen molar-refractivity contribution in [1.29, 1.82) is 0 Å². The molecule has 6 heteroatoms. The molecule has 0 fully saturated rings. The summed E-state index contributed by atoms with van der Waals surface area (Å²) in [6.45, 7) is 2.09. The third-order valence-corrected chi connectivity index (χ3v) is 4.24. The fourth-order valence-corrected chi connectivity index (χ4v) is 3.01. The Kier molecular flexibility index (Phi) is 7.41. The molecule has 0 aromatic heterocycles. The standard InChI is InChI=1S/C13H17BrFNO2S/c1-2-18-13(17)12(16)5-6-19-8-9-7-10(15)3-4-11(9)14/h3-4,7,12H,2,5-6,8,16H2,1H3. The van der Waals surface area contributed by atoms with Crippen LogP contribution in [0.3, 0.4) is 0 Å². The van der Waals surface area contributed by atoms with Crippen molar-refractivity contribution >= 4 is 33.7 Å². The highest BCUT2D eigenvalue weighted by Gasteiger charge is 2.13. The van der Waals surface area contributed by atoms with E-state index in [4.69, 9.17) is 10.5 Å². The maximum absolute atomic E-state index is 13.1. The highest BCUT2D eigenvalue weighted by molar-refractivity contribution is 9.10. The lowest BCUT2D eigenvalue weighted by Gasteiger charge is -2.10. The van der Waals surface area contributed by atoms with Crippen molar-refractivity contribution < 1.29 is 13.9 Å². The van der Waals surface area contributed by atoms with Crippen molar-refractivity contribution in [3.8, 4) is 0 Å². The van der Waals surface area contributed by atoms with Crippen LogP contribution in [0.2, 0.25) is 0 Å². The molecule has 0 aliphatic rings. The molecule has 0 aliphatic heterocycles. The average Bonchev–Trinajstić information content (AvgIpc) is 2.38.